The molecule has 2 unspecified atom stereocenters. The van der Waals surface area contributed by atoms with E-state index in [1.165, 1.54) is 12.8 Å². The molecule has 2 atom stereocenters. The van der Waals surface area contributed by atoms with Crippen molar-refractivity contribution in [3.8, 4) is 0 Å². The molecule has 92 valence electrons. The molecule has 17 heavy (non-hydrogen) atoms. The number of nitrogens with two attached hydrogens (primary N) is 1. The minimum Gasteiger partial charge on any atom is -0.351 e. The lowest BCUT2D eigenvalue weighted by molar-refractivity contribution is -0.123. The Labute approximate surface area is 102 Å². The van der Waals surface area contributed by atoms with Crippen LogP contribution < -0.4 is 11.1 Å². The number of hydrogen-bond acceptors (Lipinski definition) is 2. The summed E-state index contributed by atoms with van der Waals surface area (Å²) in [7, 11) is 0. The summed E-state index contributed by atoms with van der Waals surface area (Å²) in [6.45, 7) is 2.48. The molecule has 0 aromatic heterocycles. The van der Waals surface area contributed by atoms with Crippen LogP contribution in [0, 0.1) is 5.92 Å². The number of carbonyl (C=O) groups excluding carboxylic acids is 1. The lowest BCUT2D eigenvalue weighted by Gasteiger charge is -2.19. The molecule has 0 bridgehead atoms. The SMILES string of the molecule is CC(C(=O)NC(CN)C1CC1)c1ccccc1. The van der Waals surface area contributed by atoms with E-state index < -0.39 is 0 Å². The zero-order valence-corrected chi connectivity index (χ0v) is 10.2. The topological polar surface area (TPSA) is 55.1 Å². The predicted octanol–water partition coefficient (Wildman–Crippen LogP) is 1.64. The molecule has 3 heteroatoms. The highest BCUT2D eigenvalue weighted by atomic mass is 16.1. The first-order chi connectivity index (χ1) is 8.22. The first-order valence-corrected chi connectivity index (χ1v) is 6.27. The summed E-state index contributed by atoms with van der Waals surface area (Å²) in [5.41, 5.74) is 6.74. The molecule has 1 aromatic rings. The first kappa shape index (κ1) is 12.1. The van der Waals surface area contributed by atoms with Crippen LogP contribution in [0.5, 0.6) is 0 Å². The molecular weight excluding hydrogens is 212 g/mol. The highest BCUT2D eigenvalue weighted by Crippen LogP contribution is 2.32. The van der Waals surface area contributed by atoms with E-state index >= 15 is 0 Å². The van der Waals surface area contributed by atoms with Crippen LogP contribution in [0.2, 0.25) is 0 Å². The summed E-state index contributed by atoms with van der Waals surface area (Å²) in [5.74, 6) is 0.578. The molecule has 0 aliphatic heterocycles. The Hall–Kier alpha value is -1.35. The van der Waals surface area contributed by atoms with Crippen LogP contribution in [0.15, 0.2) is 30.3 Å². The van der Waals surface area contributed by atoms with Crippen molar-refractivity contribution >= 4 is 5.91 Å². The average Bonchev–Trinajstić information content (AvgIpc) is 3.20. The normalized spacial score (nSPS) is 18.5. The van der Waals surface area contributed by atoms with Gasteiger partial charge in [-0.1, -0.05) is 30.3 Å². The predicted molar refractivity (Wildman–Crippen MR) is 68.6 cm³/mol. The fourth-order valence-electron chi connectivity index (χ4n) is 2.07. The van der Waals surface area contributed by atoms with Crippen molar-refractivity contribution in [1.29, 1.82) is 0 Å². The van der Waals surface area contributed by atoms with E-state index in [4.69, 9.17) is 5.73 Å². The molecule has 1 aliphatic rings. The van der Waals surface area contributed by atoms with Gasteiger partial charge in [-0.3, -0.25) is 4.79 Å². The van der Waals surface area contributed by atoms with Crippen molar-refractivity contribution in [2.45, 2.75) is 31.7 Å². The zero-order chi connectivity index (χ0) is 12.3. The summed E-state index contributed by atoms with van der Waals surface area (Å²) in [6.07, 6.45) is 2.39. The molecule has 0 heterocycles. The quantitative estimate of drug-likeness (QED) is 0.811. The molecule has 1 saturated carbocycles. The largest absolute Gasteiger partial charge is 0.351 e. The van der Waals surface area contributed by atoms with Crippen molar-refractivity contribution < 1.29 is 4.79 Å². The third-order valence-corrected chi connectivity index (χ3v) is 3.47. The van der Waals surface area contributed by atoms with Crippen LogP contribution in [0.4, 0.5) is 0 Å². The maximum Gasteiger partial charge on any atom is 0.227 e. The Balaban J connectivity index is 1.95. The highest BCUT2D eigenvalue weighted by Gasteiger charge is 2.32. The molecule has 3 N–H and O–H groups in total. The number of rotatable bonds is 5. The van der Waals surface area contributed by atoms with Gasteiger partial charge in [0.05, 0.1) is 5.92 Å². The molecule has 0 spiro atoms. The number of benzene rings is 1. The van der Waals surface area contributed by atoms with E-state index in [9.17, 15) is 4.79 Å². The van der Waals surface area contributed by atoms with Crippen molar-refractivity contribution in [2.24, 2.45) is 11.7 Å². The van der Waals surface area contributed by atoms with Gasteiger partial charge in [-0.25, -0.2) is 0 Å². The minimum atomic E-state index is -0.107. The van der Waals surface area contributed by atoms with Crippen LogP contribution in [0.1, 0.15) is 31.2 Å². The minimum absolute atomic E-state index is 0.0820. The van der Waals surface area contributed by atoms with Crippen molar-refractivity contribution in [3.63, 3.8) is 0 Å². The average molecular weight is 232 g/mol. The monoisotopic (exact) mass is 232 g/mol. The van der Waals surface area contributed by atoms with Gasteiger partial charge in [-0.15, -0.1) is 0 Å². The number of nitrogens with one attached hydrogen (secondary N) is 1. The Morgan fingerprint density at radius 1 is 1.41 bits per heavy atom. The number of hydrogen-bond donors (Lipinski definition) is 2. The van der Waals surface area contributed by atoms with Gasteiger partial charge in [-0.2, -0.15) is 0 Å². The van der Waals surface area contributed by atoms with Crippen molar-refractivity contribution in [3.05, 3.63) is 35.9 Å². The Bertz CT molecular complexity index is 373. The smallest absolute Gasteiger partial charge is 0.227 e. The Morgan fingerprint density at radius 3 is 2.59 bits per heavy atom. The van der Waals surface area contributed by atoms with Crippen molar-refractivity contribution in [2.75, 3.05) is 6.54 Å². The van der Waals surface area contributed by atoms with Crippen molar-refractivity contribution in [1.82, 2.24) is 5.32 Å². The van der Waals surface area contributed by atoms with Crippen LogP contribution in [-0.2, 0) is 4.79 Å². The van der Waals surface area contributed by atoms with Crippen LogP contribution in [0.3, 0.4) is 0 Å². The number of amides is 1. The number of carbonyl (C=O) groups is 1. The molecular formula is C14H20N2O. The molecule has 1 amide bonds. The van der Waals surface area contributed by atoms with Crippen LogP contribution in [-0.4, -0.2) is 18.5 Å². The third kappa shape index (κ3) is 3.07. The first-order valence-electron chi connectivity index (χ1n) is 6.27. The molecule has 1 aromatic carbocycles. The molecule has 0 radical (unpaired) electrons. The van der Waals surface area contributed by atoms with Gasteiger partial charge in [-0.05, 0) is 31.2 Å². The fraction of sp³-hybridized carbons (Fsp3) is 0.500. The molecule has 3 nitrogen and oxygen atoms in total. The zero-order valence-electron chi connectivity index (χ0n) is 10.2. The summed E-state index contributed by atoms with van der Waals surface area (Å²) >= 11 is 0. The van der Waals surface area contributed by atoms with E-state index in [0.29, 0.717) is 12.5 Å². The second-order valence-corrected chi connectivity index (χ2v) is 4.82. The Kier molecular flexibility index (Phi) is 3.79. The van der Waals surface area contributed by atoms with Crippen LogP contribution in [0.25, 0.3) is 0 Å². The lowest BCUT2D eigenvalue weighted by atomic mass is 10.00. The van der Waals surface area contributed by atoms with Gasteiger partial charge < -0.3 is 11.1 Å². The van der Waals surface area contributed by atoms with Gasteiger partial charge in [0.1, 0.15) is 0 Å². The lowest BCUT2D eigenvalue weighted by Crippen LogP contribution is -2.43. The second-order valence-electron chi connectivity index (χ2n) is 4.82. The van der Waals surface area contributed by atoms with Gasteiger partial charge in [0, 0.05) is 12.6 Å². The standard InChI is InChI=1S/C14H20N2O/c1-10(11-5-3-2-4-6-11)14(17)16-13(9-15)12-7-8-12/h2-6,10,12-13H,7-9,15H2,1H3,(H,16,17). The second kappa shape index (κ2) is 5.32. The van der Waals surface area contributed by atoms with Gasteiger partial charge in [0.25, 0.3) is 0 Å². The van der Waals surface area contributed by atoms with E-state index in [1.807, 2.05) is 37.3 Å². The molecule has 2 rings (SSSR count). The third-order valence-electron chi connectivity index (χ3n) is 3.47. The van der Waals surface area contributed by atoms with E-state index in [0.717, 1.165) is 5.56 Å². The van der Waals surface area contributed by atoms with E-state index in [-0.39, 0.29) is 17.9 Å². The summed E-state index contributed by atoms with van der Waals surface area (Å²) in [5, 5.41) is 3.06. The molecule has 1 aliphatic carbocycles. The summed E-state index contributed by atoms with van der Waals surface area (Å²) in [4.78, 5) is 12.1. The summed E-state index contributed by atoms with van der Waals surface area (Å²) in [6, 6.07) is 10.0. The maximum absolute atomic E-state index is 12.1. The van der Waals surface area contributed by atoms with E-state index in [2.05, 4.69) is 5.32 Å². The summed E-state index contributed by atoms with van der Waals surface area (Å²) < 4.78 is 0. The Morgan fingerprint density at radius 2 is 2.06 bits per heavy atom. The highest BCUT2D eigenvalue weighted by molar-refractivity contribution is 5.83. The van der Waals surface area contributed by atoms with E-state index in [1.54, 1.807) is 0 Å². The van der Waals surface area contributed by atoms with Crippen LogP contribution >= 0.6 is 0 Å². The molecule has 1 fully saturated rings. The molecule has 0 saturated heterocycles. The fourth-order valence-corrected chi connectivity index (χ4v) is 2.07. The van der Waals surface area contributed by atoms with Gasteiger partial charge in [0.15, 0.2) is 0 Å². The van der Waals surface area contributed by atoms with Gasteiger partial charge in [0.2, 0.25) is 5.91 Å². The van der Waals surface area contributed by atoms with Gasteiger partial charge >= 0.3 is 0 Å². The maximum atomic E-state index is 12.1.